The van der Waals surface area contributed by atoms with Gasteiger partial charge in [-0.3, -0.25) is 0 Å². The van der Waals surface area contributed by atoms with Crippen molar-refractivity contribution in [3.05, 3.63) is 37.1 Å². The minimum absolute atomic E-state index is 0.107. The molecule has 0 saturated carbocycles. The predicted molar refractivity (Wildman–Crippen MR) is 91.4 cm³/mol. The van der Waals surface area contributed by atoms with Crippen molar-refractivity contribution in [3.8, 4) is 0 Å². The van der Waals surface area contributed by atoms with Gasteiger partial charge in [-0.05, 0) is 22.9 Å². The van der Waals surface area contributed by atoms with E-state index in [1.54, 1.807) is 12.3 Å². The fraction of sp³-hybridized carbons (Fsp3) is 0.533. The average Bonchev–Trinajstić information content (AvgIpc) is 2.62. The van der Waals surface area contributed by atoms with Crippen LogP contribution in [-0.4, -0.2) is 74.6 Å². The Balaban J connectivity index is 1.84. The second-order valence-corrected chi connectivity index (χ2v) is 7.61. The first-order chi connectivity index (χ1) is 11.6. The maximum absolute atomic E-state index is 9.93. The highest BCUT2D eigenvalue weighted by molar-refractivity contribution is 8.77. The summed E-state index contributed by atoms with van der Waals surface area (Å²) in [5.41, 5.74) is 0. The average molecular weight is 375 g/mol. The predicted octanol–water partition coefficient (Wildman–Crippen LogP) is 0.193. The van der Waals surface area contributed by atoms with Crippen LogP contribution in [0.25, 0.3) is 0 Å². The summed E-state index contributed by atoms with van der Waals surface area (Å²) in [6.07, 6.45) is -2.95. The smallest absolute Gasteiger partial charge is 0.186 e. The number of nitrogens with zero attached hydrogens (tertiary/aromatic N) is 1. The van der Waals surface area contributed by atoms with Crippen molar-refractivity contribution < 1.29 is 29.9 Å². The van der Waals surface area contributed by atoms with Crippen molar-refractivity contribution in [3.63, 3.8) is 0 Å². The Morgan fingerprint density at radius 3 is 2.71 bits per heavy atom. The Kier molecular flexibility index (Phi) is 7.98. The number of aliphatic hydroxyl groups excluding tert-OH is 4. The molecule has 4 unspecified atom stereocenters. The van der Waals surface area contributed by atoms with Gasteiger partial charge < -0.3 is 29.9 Å². The van der Waals surface area contributed by atoms with E-state index in [9.17, 15) is 15.3 Å². The van der Waals surface area contributed by atoms with Crippen LogP contribution in [0.15, 0.2) is 42.1 Å². The molecule has 1 aromatic heterocycles. The third kappa shape index (κ3) is 5.17. The van der Waals surface area contributed by atoms with Crippen molar-refractivity contribution in [1.82, 2.24) is 4.98 Å². The number of aromatic nitrogens is 1. The van der Waals surface area contributed by atoms with Gasteiger partial charge in [0.1, 0.15) is 29.4 Å². The van der Waals surface area contributed by atoms with Gasteiger partial charge in [-0.15, -0.1) is 6.58 Å². The van der Waals surface area contributed by atoms with Crippen LogP contribution in [0.2, 0.25) is 0 Å². The first-order valence-electron chi connectivity index (χ1n) is 7.35. The zero-order valence-electron chi connectivity index (χ0n) is 12.8. The topological polar surface area (TPSA) is 112 Å². The molecule has 0 bridgehead atoms. The summed E-state index contributed by atoms with van der Waals surface area (Å²) in [6.45, 7) is 3.44. The largest absolute Gasteiger partial charge is 0.394 e. The van der Waals surface area contributed by atoms with E-state index in [0.717, 1.165) is 5.03 Å². The summed E-state index contributed by atoms with van der Waals surface area (Å²) in [5.74, 6) is 0. The van der Waals surface area contributed by atoms with Gasteiger partial charge in [0.25, 0.3) is 0 Å². The fourth-order valence-corrected chi connectivity index (χ4v) is 4.07. The van der Waals surface area contributed by atoms with E-state index in [2.05, 4.69) is 11.6 Å². The van der Waals surface area contributed by atoms with Crippen molar-refractivity contribution in [2.75, 3.05) is 13.2 Å². The number of hydrogen-bond acceptors (Lipinski definition) is 9. The van der Waals surface area contributed by atoms with Crippen LogP contribution in [0.5, 0.6) is 0 Å². The summed E-state index contributed by atoms with van der Waals surface area (Å²) < 4.78 is 10.8. The van der Waals surface area contributed by atoms with E-state index >= 15 is 0 Å². The van der Waals surface area contributed by atoms with E-state index in [1.807, 2.05) is 18.2 Å². The van der Waals surface area contributed by atoms with Crippen molar-refractivity contribution >= 4 is 21.6 Å². The molecular weight excluding hydrogens is 354 g/mol. The van der Waals surface area contributed by atoms with Gasteiger partial charge in [0.05, 0.1) is 18.5 Å². The molecule has 1 aliphatic rings. The van der Waals surface area contributed by atoms with Crippen LogP contribution in [0.3, 0.4) is 0 Å². The molecule has 6 atom stereocenters. The molecule has 0 aliphatic carbocycles. The summed E-state index contributed by atoms with van der Waals surface area (Å²) in [5, 5.41) is 39.3. The maximum Gasteiger partial charge on any atom is 0.186 e. The number of rotatable bonds is 8. The van der Waals surface area contributed by atoms with Crippen LogP contribution in [0.1, 0.15) is 0 Å². The highest BCUT2D eigenvalue weighted by Gasteiger charge is 2.44. The molecule has 0 aromatic carbocycles. The van der Waals surface area contributed by atoms with Crippen LogP contribution in [-0.2, 0) is 9.47 Å². The second kappa shape index (κ2) is 9.73. The molecule has 1 aromatic rings. The molecule has 9 heteroatoms. The lowest BCUT2D eigenvalue weighted by molar-refractivity contribution is -0.300. The molecule has 7 nitrogen and oxygen atoms in total. The van der Waals surface area contributed by atoms with E-state index in [-0.39, 0.29) is 11.9 Å². The number of aliphatic hydroxyl groups is 4. The second-order valence-electron chi connectivity index (χ2n) is 5.15. The van der Waals surface area contributed by atoms with Gasteiger partial charge in [-0.2, -0.15) is 0 Å². The lowest BCUT2D eigenvalue weighted by Gasteiger charge is -2.39. The molecule has 0 amide bonds. The van der Waals surface area contributed by atoms with Gasteiger partial charge in [-0.25, -0.2) is 4.98 Å². The Hall–Kier alpha value is -0.650. The lowest BCUT2D eigenvalue weighted by Crippen LogP contribution is -2.59. The number of pyridine rings is 1. The molecule has 2 heterocycles. The molecule has 0 spiro atoms. The SMILES string of the molecule is C=CC(CO[C@@H]1OC(CO)[C@@H](O)C(O)C1O)SSc1ccccn1. The molecular formula is C15H21NO6S2. The maximum atomic E-state index is 9.93. The Morgan fingerprint density at radius 2 is 2.08 bits per heavy atom. The summed E-state index contributed by atoms with van der Waals surface area (Å²) in [7, 11) is 2.95. The molecule has 1 fully saturated rings. The van der Waals surface area contributed by atoms with Gasteiger partial charge in [0.2, 0.25) is 0 Å². The minimum Gasteiger partial charge on any atom is -0.394 e. The highest BCUT2D eigenvalue weighted by Crippen LogP contribution is 2.34. The summed E-state index contributed by atoms with van der Waals surface area (Å²) in [6, 6.07) is 5.61. The van der Waals surface area contributed by atoms with Crippen LogP contribution in [0.4, 0.5) is 0 Å². The molecule has 134 valence electrons. The zero-order chi connectivity index (χ0) is 17.5. The summed E-state index contributed by atoms with van der Waals surface area (Å²) >= 11 is 0. The third-order valence-corrected chi connectivity index (χ3v) is 6.06. The zero-order valence-corrected chi connectivity index (χ0v) is 14.5. The van der Waals surface area contributed by atoms with E-state index in [0.29, 0.717) is 0 Å². The molecule has 2 rings (SSSR count). The lowest BCUT2D eigenvalue weighted by atomic mass is 9.99. The van der Waals surface area contributed by atoms with Gasteiger partial charge in [0, 0.05) is 6.20 Å². The molecule has 1 aliphatic heterocycles. The fourth-order valence-electron chi connectivity index (χ4n) is 2.04. The van der Waals surface area contributed by atoms with Crippen molar-refractivity contribution in [2.45, 2.75) is 41.0 Å². The quantitative estimate of drug-likeness (QED) is 0.374. The molecule has 4 N–H and O–H groups in total. The van der Waals surface area contributed by atoms with Gasteiger partial charge in [-0.1, -0.05) is 22.9 Å². The Bertz CT molecular complexity index is 506. The Morgan fingerprint density at radius 1 is 1.29 bits per heavy atom. The molecule has 0 radical (unpaired) electrons. The van der Waals surface area contributed by atoms with Crippen molar-refractivity contribution in [1.29, 1.82) is 0 Å². The molecule has 1 saturated heterocycles. The number of hydrogen-bond donors (Lipinski definition) is 4. The Labute approximate surface area is 148 Å². The standard InChI is InChI=1S/C15H21NO6S2/c1-2-9(23-24-11-5-3-4-6-16-11)8-21-15-14(20)13(19)12(18)10(7-17)22-15/h2-6,9-10,12-15,17-20H,1,7-8H2/t9?,10?,12-,13?,14?,15-/m1/s1. The van der Waals surface area contributed by atoms with Crippen LogP contribution >= 0.6 is 21.6 Å². The van der Waals surface area contributed by atoms with Crippen LogP contribution in [0, 0.1) is 0 Å². The van der Waals surface area contributed by atoms with E-state index in [4.69, 9.17) is 14.6 Å². The van der Waals surface area contributed by atoms with E-state index < -0.39 is 37.3 Å². The number of ether oxygens (including phenoxy) is 2. The first-order valence-corrected chi connectivity index (χ1v) is 9.57. The van der Waals surface area contributed by atoms with Gasteiger partial charge >= 0.3 is 0 Å². The third-order valence-electron chi connectivity index (χ3n) is 3.43. The normalized spacial score (nSPS) is 31.6. The molecule has 24 heavy (non-hydrogen) atoms. The van der Waals surface area contributed by atoms with Gasteiger partial charge in [0.15, 0.2) is 6.29 Å². The first kappa shape index (κ1) is 19.7. The highest BCUT2D eigenvalue weighted by atomic mass is 33.1. The van der Waals surface area contributed by atoms with Crippen molar-refractivity contribution in [2.24, 2.45) is 0 Å². The minimum atomic E-state index is -1.45. The van der Waals surface area contributed by atoms with Crippen LogP contribution < -0.4 is 0 Å². The van der Waals surface area contributed by atoms with E-state index in [1.165, 1.54) is 21.6 Å². The summed E-state index contributed by atoms with van der Waals surface area (Å²) in [4.78, 5) is 4.20. The monoisotopic (exact) mass is 375 g/mol.